The van der Waals surface area contributed by atoms with E-state index in [0.717, 1.165) is 52.0 Å². The molecule has 51 heavy (non-hydrogen) atoms. The van der Waals surface area contributed by atoms with E-state index in [9.17, 15) is 9.90 Å². The maximum atomic E-state index is 12.9. The molecule has 2 fully saturated rings. The van der Waals surface area contributed by atoms with E-state index in [2.05, 4.69) is 82.2 Å². The van der Waals surface area contributed by atoms with Crippen molar-refractivity contribution in [3.8, 4) is 11.1 Å². The molecule has 7 rings (SSSR count). The van der Waals surface area contributed by atoms with E-state index in [1.807, 2.05) is 54.6 Å². The van der Waals surface area contributed by atoms with Gasteiger partial charge >= 0.3 is 0 Å². The zero-order valence-electron chi connectivity index (χ0n) is 29.2. The number of hydrogen-bond donors (Lipinski definition) is 2. The monoisotopic (exact) mass is 682 g/mol. The fourth-order valence-electron chi connectivity index (χ4n) is 7.40. The number of amides is 1. The van der Waals surface area contributed by atoms with Gasteiger partial charge in [-0.3, -0.25) is 14.7 Å². The second-order valence-electron chi connectivity index (χ2n) is 13.8. The standard InChI is InChI=1S/C43H46N4O4/c1-3-23-47(36-11-4-5-12-36)27-40-29(2)41(33-17-15-30(28-48)16-18-33)51-43(50-40)34-21-19-32(20-22-34)35-10-8-9-31(24-35)25-45-42(49)39-26-44-37-13-6-7-14-38(37)46-39/h3,6-10,13-22,24,26,29,36,40-41,43,48H,1,4-5,11-12,23,25,27-28H2,2H3,(H,45,49)/t29-,40+,41+,43+/m1/s1. The van der Waals surface area contributed by atoms with Crippen molar-refractivity contribution < 1.29 is 19.4 Å². The molecule has 1 aliphatic carbocycles. The summed E-state index contributed by atoms with van der Waals surface area (Å²) in [6, 6.07) is 32.7. The number of nitrogens with zero attached hydrogens (tertiary/aromatic N) is 3. The SMILES string of the molecule is C=CCN(C[C@@H]1O[C@H](c2ccc(-c3cccc(CNC(=O)c4cnc5ccccc5n4)c3)cc2)O[C@H](c2ccc(CO)cc2)[C@@H]1C)C1CCCC1. The van der Waals surface area contributed by atoms with Gasteiger partial charge in [0.1, 0.15) is 5.69 Å². The van der Waals surface area contributed by atoms with E-state index >= 15 is 0 Å². The minimum Gasteiger partial charge on any atom is -0.392 e. The average Bonchev–Trinajstić information content (AvgIpc) is 3.73. The number of aromatic nitrogens is 2. The number of ether oxygens (including phenoxy) is 2. The highest BCUT2D eigenvalue weighted by molar-refractivity contribution is 5.93. The molecule has 1 amide bonds. The minimum atomic E-state index is -0.531. The van der Waals surface area contributed by atoms with Crippen LogP contribution < -0.4 is 5.32 Å². The number of hydrogen-bond acceptors (Lipinski definition) is 7. The molecule has 4 aromatic carbocycles. The van der Waals surface area contributed by atoms with Gasteiger partial charge in [-0.05, 0) is 58.9 Å². The van der Waals surface area contributed by atoms with Crippen molar-refractivity contribution in [1.29, 1.82) is 0 Å². The van der Waals surface area contributed by atoms with Crippen molar-refractivity contribution in [3.05, 3.63) is 144 Å². The van der Waals surface area contributed by atoms with Crippen molar-refractivity contribution >= 4 is 16.9 Å². The first-order valence-electron chi connectivity index (χ1n) is 18.0. The zero-order valence-corrected chi connectivity index (χ0v) is 29.2. The average molecular weight is 683 g/mol. The highest BCUT2D eigenvalue weighted by atomic mass is 16.7. The van der Waals surface area contributed by atoms with Gasteiger partial charge in [-0.15, -0.1) is 6.58 Å². The Kier molecular flexibility index (Phi) is 10.9. The molecule has 5 aromatic rings. The number of aliphatic hydroxyl groups excluding tert-OH is 1. The Hall–Kier alpha value is -4.73. The summed E-state index contributed by atoms with van der Waals surface area (Å²) in [5, 5.41) is 12.6. The largest absolute Gasteiger partial charge is 0.392 e. The topological polar surface area (TPSA) is 96.8 Å². The second kappa shape index (κ2) is 16.1. The van der Waals surface area contributed by atoms with Crippen LogP contribution >= 0.6 is 0 Å². The summed E-state index contributed by atoms with van der Waals surface area (Å²) < 4.78 is 13.6. The Morgan fingerprint density at radius 1 is 0.902 bits per heavy atom. The van der Waals surface area contributed by atoms with Gasteiger partial charge in [0.2, 0.25) is 0 Å². The molecule has 0 bridgehead atoms. The second-order valence-corrected chi connectivity index (χ2v) is 13.8. The van der Waals surface area contributed by atoms with Crippen LogP contribution in [0.15, 0.2) is 116 Å². The van der Waals surface area contributed by atoms with Gasteiger partial charge in [-0.25, -0.2) is 4.98 Å². The molecule has 1 aliphatic heterocycles. The molecule has 0 radical (unpaired) electrons. The van der Waals surface area contributed by atoms with Crippen LogP contribution in [0.2, 0.25) is 0 Å². The summed E-state index contributed by atoms with van der Waals surface area (Å²) in [5.41, 5.74) is 7.76. The number of para-hydroxylation sites is 2. The molecule has 1 saturated heterocycles. The van der Waals surface area contributed by atoms with Crippen LogP contribution in [0.3, 0.4) is 0 Å². The first-order valence-corrected chi connectivity index (χ1v) is 18.0. The number of carbonyl (C=O) groups is 1. The van der Waals surface area contributed by atoms with Crippen molar-refractivity contribution in [2.24, 2.45) is 5.92 Å². The summed E-state index contributed by atoms with van der Waals surface area (Å²) in [7, 11) is 0. The first kappa shape index (κ1) is 34.7. The van der Waals surface area contributed by atoms with Crippen LogP contribution in [0.5, 0.6) is 0 Å². The minimum absolute atomic E-state index is 0.0119. The molecule has 2 aliphatic rings. The van der Waals surface area contributed by atoms with Gasteiger partial charge in [0, 0.05) is 37.2 Å². The van der Waals surface area contributed by atoms with Crippen LogP contribution in [-0.4, -0.2) is 51.1 Å². The van der Waals surface area contributed by atoms with E-state index in [0.29, 0.717) is 23.8 Å². The molecule has 8 nitrogen and oxygen atoms in total. The maximum Gasteiger partial charge on any atom is 0.271 e. The fourth-order valence-corrected chi connectivity index (χ4v) is 7.40. The van der Waals surface area contributed by atoms with Crippen LogP contribution in [0.4, 0.5) is 0 Å². The summed E-state index contributed by atoms with van der Waals surface area (Å²) in [6.45, 7) is 8.31. The Morgan fingerprint density at radius 2 is 1.65 bits per heavy atom. The van der Waals surface area contributed by atoms with E-state index in [1.165, 1.54) is 31.9 Å². The molecule has 1 aromatic heterocycles. The lowest BCUT2D eigenvalue weighted by molar-refractivity contribution is -0.276. The van der Waals surface area contributed by atoms with E-state index < -0.39 is 6.29 Å². The van der Waals surface area contributed by atoms with Crippen molar-refractivity contribution in [2.75, 3.05) is 13.1 Å². The van der Waals surface area contributed by atoms with Crippen molar-refractivity contribution in [1.82, 2.24) is 20.2 Å². The van der Waals surface area contributed by atoms with Crippen LogP contribution in [0.25, 0.3) is 22.2 Å². The quantitative estimate of drug-likeness (QED) is 0.129. The Balaban J connectivity index is 1.07. The normalized spacial score (nSPS) is 20.8. The van der Waals surface area contributed by atoms with Crippen LogP contribution in [0.1, 0.15) is 77.7 Å². The molecule has 8 heteroatoms. The molecular weight excluding hydrogens is 636 g/mol. The van der Waals surface area contributed by atoms with E-state index in [4.69, 9.17) is 9.47 Å². The van der Waals surface area contributed by atoms with Crippen LogP contribution in [-0.2, 0) is 22.6 Å². The van der Waals surface area contributed by atoms with Gasteiger partial charge in [-0.2, -0.15) is 0 Å². The molecular formula is C43H46N4O4. The van der Waals surface area contributed by atoms with Crippen molar-refractivity contribution in [2.45, 2.75) is 70.3 Å². The summed E-state index contributed by atoms with van der Waals surface area (Å²) in [4.78, 5) is 24.3. The van der Waals surface area contributed by atoms with Gasteiger partial charge in [-0.1, -0.05) is 105 Å². The molecule has 262 valence electrons. The number of nitrogens with one attached hydrogen (secondary N) is 1. The predicted octanol–water partition coefficient (Wildman–Crippen LogP) is 7.94. The third kappa shape index (κ3) is 8.10. The van der Waals surface area contributed by atoms with Gasteiger partial charge < -0.3 is 19.9 Å². The molecule has 4 atom stereocenters. The maximum absolute atomic E-state index is 12.9. The van der Waals surface area contributed by atoms with Gasteiger partial charge in [0.25, 0.3) is 5.91 Å². The molecule has 0 spiro atoms. The zero-order chi connectivity index (χ0) is 35.2. The van der Waals surface area contributed by atoms with Crippen molar-refractivity contribution in [3.63, 3.8) is 0 Å². The number of benzene rings is 4. The number of carbonyl (C=O) groups excluding carboxylic acids is 1. The lowest BCUT2D eigenvalue weighted by Crippen LogP contribution is -2.47. The first-order chi connectivity index (χ1) is 25.0. The third-order valence-electron chi connectivity index (χ3n) is 10.3. The number of rotatable bonds is 12. The molecule has 2 heterocycles. The van der Waals surface area contributed by atoms with Gasteiger partial charge in [0.05, 0.1) is 36.0 Å². The van der Waals surface area contributed by atoms with Gasteiger partial charge in [0.15, 0.2) is 6.29 Å². The van der Waals surface area contributed by atoms with E-state index in [-0.39, 0.29) is 30.6 Å². The smallest absolute Gasteiger partial charge is 0.271 e. The molecule has 2 N–H and O–H groups in total. The predicted molar refractivity (Wildman–Crippen MR) is 200 cm³/mol. The number of aliphatic hydroxyl groups is 1. The van der Waals surface area contributed by atoms with E-state index in [1.54, 1.807) is 0 Å². The third-order valence-corrected chi connectivity index (χ3v) is 10.3. The van der Waals surface area contributed by atoms with Crippen LogP contribution in [0, 0.1) is 5.92 Å². The summed E-state index contributed by atoms with van der Waals surface area (Å²) in [6.07, 6.45) is 7.76. The lowest BCUT2D eigenvalue weighted by Gasteiger charge is -2.43. The summed E-state index contributed by atoms with van der Waals surface area (Å²) >= 11 is 0. The highest BCUT2D eigenvalue weighted by Gasteiger charge is 2.40. The Morgan fingerprint density at radius 3 is 2.39 bits per heavy atom. The summed E-state index contributed by atoms with van der Waals surface area (Å²) in [5.74, 6) is -0.146. The molecule has 0 unspecified atom stereocenters. The molecule has 1 saturated carbocycles. The lowest BCUT2D eigenvalue weighted by atomic mass is 9.89. The highest BCUT2D eigenvalue weighted by Crippen LogP contribution is 2.42. The fraction of sp³-hybridized carbons (Fsp3) is 0.326. The Bertz CT molecular complexity index is 1940. The number of fused-ring (bicyclic) bond motifs is 1. The Labute approximate surface area is 300 Å².